The fourth-order valence-corrected chi connectivity index (χ4v) is 2.24. The maximum atomic E-state index is 2.39. The Balaban J connectivity index is 3.09. The van der Waals surface area contributed by atoms with Crippen molar-refractivity contribution in [2.45, 2.75) is 13.8 Å². The first-order chi connectivity index (χ1) is 4.85. The molecule has 0 heterocycles. The lowest BCUT2D eigenvalue weighted by molar-refractivity contribution is 0.525. The third kappa shape index (κ3) is 5.45. The third-order valence-electron chi connectivity index (χ3n) is 1.27. The van der Waals surface area contributed by atoms with E-state index in [4.69, 9.17) is 0 Å². The number of rotatable bonds is 6. The SMILES string of the molecule is CCN(CC)SCCSC. The molecule has 3 heteroatoms. The van der Waals surface area contributed by atoms with Crippen LogP contribution < -0.4 is 0 Å². The van der Waals surface area contributed by atoms with E-state index in [1.54, 1.807) is 0 Å². The van der Waals surface area contributed by atoms with Gasteiger partial charge in [0.05, 0.1) is 0 Å². The summed E-state index contributed by atoms with van der Waals surface area (Å²) < 4.78 is 2.39. The van der Waals surface area contributed by atoms with E-state index in [1.165, 1.54) is 11.5 Å². The van der Waals surface area contributed by atoms with E-state index >= 15 is 0 Å². The lowest BCUT2D eigenvalue weighted by Gasteiger charge is -2.15. The van der Waals surface area contributed by atoms with Crippen LogP contribution in [0.1, 0.15) is 13.8 Å². The lowest BCUT2D eigenvalue weighted by atomic mass is 10.7. The van der Waals surface area contributed by atoms with Gasteiger partial charge in [0.15, 0.2) is 0 Å². The van der Waals surface area contributed by atoms with Crippen LogP contribution in [0.25, 0.3) is 0 Å². The molecule has 0 N–H and O–H groups in total. The molecule has 0 spiro atoms. The quantitative estimate of drug-likeness (QED) is 0.455. The molecule has 0 aliphatic rings. The van der Waals surface area contributed by atoms with Crippen molar-refractivity contribution in [3.05, 3.63) is 0 Å². The summed E-state index contributed by atoms with van der Waals surface area (Å²) >= 11 is 3.88. The largest absolute Gasteiger partial charge is 0.251 e. The molecule has 0 aromatic carbocycles. The standard InChI is InChI=1S/C7H17NS2/c1-4-8(5-2)10-7-6-9-3/h4-7H2,1-3H3. The molecule has 0 aliphatic carbocycles. The first-order valence-electron chi connectivity index (χ1n) is 3.71. The first kappa shape index (κ1) is 10.7. The molecule has 0 atom stereocenters. The Morgan fingerprint density at radius 1 is 1.10 bits per heavy atom. The second kappa shape index (κ2) is 7.76. The normalized spacial score (nSPS) is 10.8. The van der Waals surface area contributed by atoms with E-state index in [0.717, 1.165) is 13.1 Å². The van der Waals surface area contributed by atoms with Gasteiger partial charge in [-0.2, -0.15) is 11.8 Å². The monoisotopic (exact) mass is 179 g/mol. The highest BCUT2D eigenvalue weighted by Gasteiger charge is 1.96. The molecule has 0 aromatic rings. The van der Waals surface area contributed by atoms with Crippen molar-refractivity contribution in [1.29, 1.82) is 0 Å². The third-order valence-corrected chi connectivity index (χ3v) is 3.41. The zero-order valence-electron chi connectivity index (χ0n) is 7.09. The second-order valence-electron chi connectivity index (χ2n) is 1.94. The molecule has 0 bridgehead atoms. The van der Waals surface area contributed by atoms with Crippen LogP contribution in [-0.4, -0.2) is 35.2 Å². The molecule has 0 radical (unpaired) electrons. The van der Waals surface area contributed by atoms with Crippen molar-refractivity contribution in [2.75, 3.05) is 30.9 Å². The second-order valence-corrected chi connectivity index (χ2v) is 4.11. The Kier molecular flexibility index (Phi) is 8.28. The van der Waals surface area contributed by atoms with Crippen molar-refractivity contribution < 1.29 is 0 Å². The Hall–Kier alpha value is 0.660. The van der Waals surface area contributed by atoms with Crippen molar-refractivity contribution in [2.24, 2.45) is 0 Å². The highest BCUT2D eigenvalue weighted by Crippen LogP contribution is 2.09. The minimum Gasteiger partial charge on any atom is -0.251 e. The predicted octanol–water partition coefficient (Wildman–Crippen LogP) is 2.34. The summed E-state index contributed by atoms with van der Waals surface area (Å²) in [6, 6.07) is 0. The summed E-state index contributed by atoms with van der Waals surface area (Å²) in [6.07, 6.45) is 2.16. The molecule has 1 nitrogen and oxygen atoms in total. The van der Waals surface area contributed by atoms with Gasteiger partial charge in [-0.15, -0.1) is 0 Å². The maximum absolute atomic E-state index is 2.39. The van der Waals surface area contributed by atoms with E-state index in [2.05, 4.69) is 24.4 Å². The Morgan fingerprint density at radius 3 is 2.10 bits per heavy atom. The Bertz CT molecular complexity index is 64.6. The number of hydrogen-bond acceptors (Lipinski definition) is 3. The van der Waals surface area contributed by atoms with Crippen LogP contribution in [0.3, 0.4) is 0 Å². The van der Waals surface area contributed by atoms with E-state index in [-0.39, 0.29) is 0 Å². The van der Waals surface area contributed by atoms with Gasteiger partial charge >= 0.3 is 0 Å². The van der Waals surface area contributed by atoms with Crippen molar-refractivity contribution in [3.63, 3.8) is 0 Å². The summed E-state index contributed by atoms with van der Waals surface area (Å²) in [5, 5.41) is 0. The molecule has 62 valence electrons. The van der Waals surface area contributed by atoms with Crippen LogP contribution in [0.2, 0.25) is 0 Å². The van der Waals surface area contributed by atoms with Gasteiger partial charge < -0.3 is 0 Å². The number of nitrogens with zero attached hydrogens (tertiary/aromatic N) is 1. The van der Waals surface area contributed by atoms with Gasteiger partial charge in [0, 0.05) is 24.6 Å². The molecule has 0 saturated carbocycles. The smallest absolute Gasteiger partial charge is 0.0172 e. The summed E-state index contributed by atoms with van der Waals surface area (Å²) in [5.41, 5.74) is 0. The summed E-state index contributed by atoms with van der Waals surface area (Å²) in [5.74, 6) is 2.52. The molecule has 0 aliphatic heterocycles. The average Bonchev–Trinajstić information content (AvgIpc) is 1.99. The Morgan fingerprint density at radius 2 is 1.70 bits per heavy atom. The minimum absolute atomic E-state index is 1.16. The van der Waals surface area contributed by atoms with Gasteiger partial charge in [0.25, 0.3) is 0 Å². The Labute approximate surface area is 73.1 Å². The van der Waals surface area contributed by atoms with E-state index in [9.17, 15) is 0 Å². The van der Waals surface area contributed by atoms with Crippen LogP contribution in [-0.2, 0) is 0 Å². The van der Waals surface area contributed by atoms with E-state index in [1.807, 2.05) is 23.7 Å². The molecular formula is C7H17NS2. The zero-order valence-corrected chi connectivity index (χ0v) is 8.73. The highest BCUT2D eigenvalue weighted by molar-refractivity contribution is 8.01. The lowest BCUT2D eigenvalue weighted by Crippen LogP contribution is -2.14. The average molecular weight is 179 g/mol. The van der Waals surface area contributed by atoms with Gasteiger partial charge in [-0.1, -0.05) is 25.8 Å². The summed E-state index contributed by atoms with van der Waals surface area (Å²) in [4.78, 5) is 0. The molecular weight excluding hydrogens is 162 g/mol. The summed E-state index contributed by atoms with van der Waals surface area (Å²) in [7, 11) is 0. The first-order valence-corrected chi connectivity index (χ1v) is 6.05. The molecule has 0 rings (SSSR count). The highest BCUT2D eigenvalue weighted by atomic mass is 32.2. The molecule has 0 amide bonds. The fraction of sp³-hybridized carbons (Fsp3) is 1.00. The number of thioether (sulfide) groups is 1. The van der Waals surface area contributed by atoms with Gasteiger partial charge in [-0.05, 0) is 6.26 Å². The van der Waals surface area contributed by atoms with Crippen LogP contribution in [0.5, 0.6) is 0 Å². The molecule has 0 saturated heterocycles. The van der Waals surface area contributed by atoms with Crippen LogP contribution in [0.4, 0.5) is 0 Å². The van der Waals surface area contributed by atoms with Gasteiger partial charge in [0.2, 0.25) is 0 Å². The topological polar surface area (TPSA) is 3.24 Å². The zero-order chi connectivity index (χ0) is 7.82. The van der Waals surface area contributed by atoms with E-state index in [0.29, 0.717) is 0 Å². The van der Waals surface area contributed by atoms with Gasteiger partial charge in [0.1, 0.15) is 0 Å². The van der Waals surface area contributed by atoms with Crippen molar-refractivity contribution in [3.8, 4) is 0 Å². The predicted molar refractivity (Wildman–Crippen MR) is 53.8 cm³/mol. The minimum atomic E-state index is 1.16. The molecule has 10 heavy (non-hydrogen) atoms. The van der Waals surface area contributed by atoms with Gasteiger partial charge in [-0.3, -0.25) is 4.31 Å². The molecule has 0 unspecified atom stereocenters. The van der Waals surface area contributed by atoms with Gasteiger partial charge in [-0.25, -0.2) is 0 Å². The van der Waals surface area contributed by atoms with Crippen LogP contribution in [0, 0.1) is 0 Å². The molecule has 0 aromatic heterocycles. The van der Waals surface area contributed by atoms with Crippen LogP contribution >= 0.6 is 23.7 Å². The summed E-state index contributed by atoms with van der Waals surface area (Å²) in [6.45, 7) is 6.73. The van der Waals surface area contributed by atoms with Crippen molar-refractivity contribution >= 4 is 23.7 Å². The maximum Gasteiger partial charge on any atom is 0.0172 e. The van der Waals surface area contributed by atoms with E-state index < -0.39 is 0 Å². The van der Waals surface area contributed by atoms with Crippen molar-refractivity contribution in [1.82, 2.24) is 4.31 Å². The number of hydrogen-bond donors (Lipinski definition) is 0. The molecule has 0 fully saturated rings. The fourth-order valence-electron chi connectivity index (χ4n) is 0.656. The van der Waals surface area contributed by atoms with Crippen LogP contribution in [0.15, 0.2) is 0 Å².